The van der Waals surface area contributed by atoms with Crippen LogP contribution < -0.4 is 9.57 Å². The molecule has 0 radical (unpaired) electrons. The summed E-state index contributed by atoms with van der Waals surface area (Å²) >= 11 is 0. The van der Waals surface area contributed by atoms with Crippen molar-refractivity contribution in [2.45, 2.75) is 0 Å². The largest absolute Gasteiger partial charge is 0.479 e. The summed E-state index contributed by atoms with van der Waals surface area (Å²) in [5, 5.41) is 17.9. The van der Waals surface area contributed by atoms with Gasteiger partial charge in [0.1, 0.15) is 19.3 Å². The monoisotopic (exact) mass is 254 g/mol. The molecule has 0 unspecified atom stereocenters. The van der Waals surface area contributed by atoms with Crippen LogP contribution in [0.4, 0.5) is 0 Å². The Balaban J connectivity index is 2.19. The van der Waals surface area contributed by atoms with Gasteiger partial charge < -0.3 is 19.8 Å². The van der Waals surface area contributed by atoms with Crippen LogP contribution >= 0.6 is 0 Å². The average Bonchev–Trinajstić information content (AvgIpc) is 2.83. The second-order valence-corrected chi connectivity index (χ2v) is 3.65. The second-order valence-electron chi connectivity index (χ2n) is 3.65. The number of aliphatic hydroxyl groups excluding tert-OH is 2. The van der Waals surface area contributed by atoms with Crippen molar-refractivity contribution in [3.05, 3.63) is 12.7 Å². The van der Waals surface area contributed by atoms with Gasteiger partial charge in [0.25, 0.3) is 0 Å². The highest BCUT2D eigenvalue weighted by molar-refractivity contribution is 5.75. The molecule has 8 nitrogen and oxygen atoms in total. The molecule has 0 fully saturated rings. The van der Waals surface area contributed by atoms with Gasteiger partial charge >= 0.3 is 0 Å². The predicted octanol–water partition coefficient (Wildman–Crippen LogP) is -1.14. The molecule has 0 bridgehead atoms. The minimum absolute atomic E-state index is 0.151. The number of nitrogens with zero attached hydrogens (tertiary/aromatic N) is 4. The Hall–Kier alpha value is -1.93. The van der Waals surface area contributed by atoms with Crippen LogP contribution in [0.15, 0.2) is 12.7 Å². The molecule has 0 aliphatic rings. The van der Waals surface area contributed by atoms with Crippen LogP contribution in [-0.2, 0) is 0 Å². The number of hydrogen-bond donors (Lipinski definition) is 2. The smallest absolute Gasteiger partial charge is 0.245 e. The molecule has 0 aliphatic heterocycles. The third-order valence-electron chi connectivity index (χ3n) is 2.43. The molecule has 0 aromatic carbocycles. The van der Waals surface area contributed by atoms with E-state index in [2.05, 4.69) is 15.0 Å². The molecule has 0 aliphatic carbocycles. The zero-order chi connectivity index (χ0) is 13.0. The Morgan fingerprint density at radius 1 is 1.28 bits per heavy atom. The van der Waals surface area contributed by atoms with E-state index in [1.807, 2.05) is 0 Å². The zero-order valence-corrected chi connectivity index (χ0v) is 9.85. The Morgan fingerprint density at radius 3 is 2.72 bits per heavy atom. The van der Waals surface area contributed by atoms with Gasteiger partial charge in [-0.25, -0.2) is 9.97 Å². The maximum absolute atomic E-state index is 8.94. The van der Waals surface area contributed by atoms with Crippen LogP contribution in [0.25, 0.3) is 11.2 Å². The topological polar surface area (TPSA) is 103 Å². The highest BCUT2D eigenvalue weighted by Gasteiger charge is 2.13. The predicted molar refractivity (Wildman–Crippen MR) is 61.0 cm³/mol. The van der Waals surface area contributed by atoms with E-state index in [0.717, 1.165) is 0 Å². The lowest BCUT2D eigenvalue weighted by atomic mass is 10.2. The minimum Gasteiger partial charge on any atom is -0.479 e. The van der Waals surface area contributed by atoms with Gasteiger partial charge in [0, 0.05) is 5.92 Å². The molecule has 2 aromatic heterocycles. The van der Waals surface area contributed by atoms with Crippen molar-refractivity contribution < 1.29 is 19.8 Å². The molecule has 0 saturated carbocycles. The molecule has 0 atom stereocenters. The molecule has 0 spiro atoms. The van der Waals surface area contributed by atoms with Crippen LogP contribution in [0, 0.1) is 5.92 Å². The highest BCUT2D eigenvalue weighted by atomic mass is 16.7. The fourth-order valence-corrected chi connectivity index (χ4v) is 1.39. The van der Waals surface area contributed by atoms with Crippen molar-refractivity contribution in [2.24, 2.45) is 5.92 Å². The number of aliphatic hydroxyl groups is 2. The maximum Gasteiger partial charge on any atom is 0.245 e. The first-order valence-corrected chi connectivity index (χ1v) is 5.37. The molecule has 0 saturated heterocycles. The molecule has 98 valence electrons. The van der Waals surface area contributed by atoms with Crippen molar-refractivity contribution in [3.63, 3.8) is 0 Å². The number of hydrogen-bond acceptors (Lipinski definition) is 7. The quantitative estimate of drug-likeness (QED) is 0.672. The maximum atomic E-state index is 8.94. The molecular weight excluding hydrogens is 240 g/mol. The van der Waals surface area contributed by atoms with E-state index in [0.29, 0.717) is 17.0 Å². The van der Waals surface area contributed by atoms with E-state index in [9.17, 15) is 0 Å². The van der Waals surface area contributed by atoms with Crippen LogP contribution in [0.2, 0.25) is 0 Å². The Bertz CT molecular complexity index is 512. The van der Waals surface area contributed by atoms with Crippen LogP contribution in [0.5, 0.6) is 5.88 Å². The summed E-state index contributed by atoms with van der Waals surface area (Å²) in [6.07, 6.45) is 2.78. The lowest BCUT2D eigenvalue weighted by molar-refractivity contribution is 0.0387. The number of aromatic nitrogens is 4. The van der Waals surface area contributed by atoms with Gasteiger partial charge in [-0.05, 0) is 0 Å². The van der Waals surface area contributed by atoms with Gasteiger partial charge in [-0.15, -0.1) is 0 Å². The molecule has 8 heteroatoms. The fourth-order valence-electron chi connectivity index (χ4n) is 1.39. The van der Waals surface area contributed by atoms with Crippen molar-refractivity contribution >= 4 is 11.2 Å². The molecule has 2 N–H and O–H groups in total. The molecule has 2 heterocycles. The summed E-state index contributed by atoms with van der Waals surface area (Å²) in [6.45, 7) is -0.145. The normalized spacial score (nSPS) is 11.1. The van der Waals surface area contributed by atoms with Gasteiger partial charge in [0.05, 0.1) is 20.3 Å². The van der Waals surface area contributed by atoms with Crippen LogP contribution in [0.3, 0.4) is 0 Å². The number of fused-ring (bicyclic) bond motifs is 1. The summed E-state index contributed by atoms with van der Waals surface area (Å²) < 4.78 is 6.41. The summed E-state index contributed by atoms with van der Waals surface area (Å²) in [5.74, 6) is 0.0226. The summed E-state index contributed by atoms with van der Waals surface area (Å²) in [7, 11) is 1.50. The molecule has 2 rings (SSSR count). The lowest BCUT2D eigenvalue weighted by Gasteiger charge is -2.12. The number of methoxy groups -OCH3 is 1. The Kier molecular flexibility index (Phi) is 3.90. The van der Waals surface area contributed by atoms with E-state index in [1.54, 1.807) is 0 Å². The van der Waals surface area contributed by atoms with E-state index in [1.165, 1.54) is 24.5 Å². The van der Waals surface area contributed by atoms with Crippen LogP contribution in [-0.4, -0.2) is 56.8 Å². The zero-order valence-electron chi connectivity index (χ0n) is 9.85. The fraction of sp³-hybridized carbons (Fsp3) is 0.500. The Labute approximate surface area is 103 Å². The summed E-state index contributed by atoms with van der Waals surface area (Å²) in [6, 6.07) is 0. The first kappa shape index (κ1) is 12.5. The van der Waals surface area contributed by atoms with Crippen molar-refractivity contribution in [1.82, 2.24) is 19.7 Å². The highest BCUT2D eigenvalue weighted by Crippen LogP contribution is 2.17. The number of rotatable bonds is 6. The third-order valence-corrected chi connectivity index (χ3v) is 2.43. The third kappa shape index (κ3) is 2.34. The van der Waals surface area contributed by atoms with E-state index in [-0.39, 0.29) is 25.7 Å². The second kappa shape index (κ2) is 5.61. The van der Waals surface area contributed by atoms with Gasteiger partial charge in [-0.3, -0.25) is 0 Å². The Morgan fingerprint density at radius 2 is 2.06 bits per heavy atom. The van der Waals surface area contributed by atoms with E-state index >= 15 is 0 Å². The SMILES string of the molecule is COc1ncnc2c1ncn2OCC(CO)CO. The van der Waals surface area contributed by atoms with Gasteiger partial charge in [0.2, 0.25) is 11.5 Å². The molecular formula is C10H14N4O4. The van der Waals surface area contributed by atoms with Crippen molar-refractivity contribution in [2.75, 3.05) is 26.9 Å². The minimum atomic E-state index is -0.341. The average molecular weight is 254 g/mol. The molecule has 18 heavy (non-hydrogen) atoms. The number of imidazole rings is 1. The lowest BCUT2D eigenvalue weighted by Crippen LogP contribution is -2.24. The van der Waals surface area contributed by atoms with E-state index in [4.69, 9.17) is 19.8 Å². The van der Waals surface area contributed by atoms with Crippen molar-refractivity contribution in [3.8, 4) is 5.88 Å². The summed E-state index contributed by atoms with van der Waals surface area (Å²) in [5.41, 5.74) is 0.959. The molecule has 2 aromatic rings. The first-order valence-electron chi connectivity index (χ1n) is 5.37. The first-order chi connectivity index (χ1) is 8.80. The van der Waals surface area contributed by atoms with E-state index < -0.39 is 0 Å². The number of ether oxygens (including phenoxy) is 1. The van der Waals surface area contributed by atoms with Gasteiger partial charge in [-0.1, -0.05) is 0 Å². The molecule has 0 amide bonds. The van der Waals surface area contributed by atoms with Gasteiger partial charge in [-0.2, -0.15) is 9.71 Å². The van der Waals surface area contributed by atoms with Crippen LogP contribution in [0.1, 0.15) is 0 Å². The summed E-state index contributed by atoms with van der Waals surface area (Å²) in [4.78, 5) is 17.4. The standard InChI is InChI=1S/C10H14N4O4/c1-17-10-8-9(11-5-12-10)14(6-13-8)18-4-7(2-15)3-16/h5-7,15-16H,2-4H2,1H3. The van der Waals surface area contributed by atoms with Gasteiger partial charge in [0.15, 0.2) is 5.52 Å². The van der Waals surface area contributed by atoms with Crippen molar-refractivity contribution in [1.29, 1.82) is 0 Å².